The lowest BCUT2D eigenvalue weighted by Crippen LogP contribution is -2.28. The highest BCUT2D eigenvalue weighted by Gasteiger charge is 2.17. The van der Waals surface area contributed by atoms with E-state index < -0.39 is 31.7 Å². The van der Waals surface area contributed by atoms with Crippen LogP contribution in [0.15, 0.2) is 64.4 Å². The number of sulfone groups is 1. The molecule has 0 unspecified atom stereocenters. The first kappa shape index (κ1) is 20.6. The van der Waals surface area contributed by atoms with E-state index in [4.69, 9.17) is 0 Å². The van der Waals surface area contributed by atoms with Gasteiger partial charge in [0.25, 0.3) is 10.0 Å². The third-order valence-corrected chi connectivity index (χ3v) is 6.61. The van der Waals surface area contributed by atoms with Crippen LogP contribution in [-0.2, 0) is 29.4 Å². The summed E-state index contributed by atoms with van der Waals surface area (Å²) in [5, 5.41) is 2.50. The van der Waals surface area contributed by atoms with Gasteiger partial charge in [-0.15, -0.1) is 0 Å². The molecule has 0 saturated carbocycles. The molecule has 0 fully saturated rings. The van der Waals surface area contributed by atoms with Crippen LogP contribution in [0.5, 0.6) is 0 Å². The second-order valence-corrected chi connectivity index (χ2v) is 9.41. The summed E-state index contributed by atoms with van der Waals surface area (Å²) in [5.41, 5.74) is 0.305. The fraction of sp³-hybridized carbons (Fsp3) is 0.176. The Bertz CT molecular complexity index is 1030. The molecule has 0 aliphatic heterocycles. The van der Waals surface area contributed by atoms with Crippen molar-refractivity contribution in [3.05, 3.63) is 54.6 Å². The maximum absolute atomic E-state index is 12.2. The minimum absolute atomic E-state index is 0.137. The van der Waals surface area contributed by atoms with Crippen molar-refractivity contribution < 1.29 is 26.4 Å². The highest BCUT2D eigenvalue weighted by molar-refractivity contribution is 7.91. The van der Waals surface area contributed by atoms with Gasteiger partial charge in [0.15, 0.2) is 9.84 Å². The Morgan fingerprint density at radius 2 is 1.44 bits per heavy atom. The first-order valence-corrected chi connectivity index (χ1v) is 10.9. The van der Waals surface area contributed by atoms with Gasteiger partial charge in [0.05, 0.1) is 15.5 Å². The second kappa shape index (κ2) is 8.31. The van der Waals surface area contributed by atoms with Gasteiger partial charge in [-0.2, -0.15) is 0 Å². The van der Waals surface area contributed by atoms with Gasteiger partial charge in [-0.3, -0.25) is 9.59 Å². The summed E-state index contributed by atoms with van der Waals surface area (Å²) in [7, 11) is -7.52. The van der Waals surface area contributed by atoms with E-state index in [1.54, 1.807) is 18.2 Å². The number of sulfonamides is 1. The molecular weight excluding hydrogens is 392 g/mol. The molecular formula is C17H18N2O6S2. The highest BCUT2D eigenvalue weighted by Crippen LogP contribution is 2.15. The summed E-state index contributed by atoms with van der Waals surface area (Å²) in [6.07, 6.45) is -0.247. The minimum Gasteiger partial charge on any atom is -0.326 e. The maximum Gasteiger partial charge on any atom is 0.264 e. The summed E-state index contributed by atoms with van der Waals surface area (Å²) in [6.45, 7) is 1.08. The van der Waals surface area contributed by atoms with Gasteiger partial charge in [-0.25, -0.2) is 21.6 Å². The van der Waals surface area contributed by atoms with Crippen LogP contribution < -0.4 is 10.0 Å². The number of hydrogen-bond acceptors (Lipinski definition) is 6. The SMILES string of the molecule is CC(=O)NS(=O)(=O)c1ccc(NC(=O)CCS(=O)(=O)c2ccccc2)cc1. The van der Waals surface area contributed by atoms with E-state index in [-0.39, 0.29) is 22.0 Å². The average Bonchev–Trinajstić information content (AvgIpc) is 2.60. The van der Waals surface area contributed by atoms with Crippen LogP contribution in [0.1, 0.15) is 13.3 Å². The van der Waals surface area contributed by atoms with Gasteiger partial charge in [-0.1, -0.05) is 18.2 Å². The quantitative estimate of drug-likeness (QED) is 0.709. The highest BCUT2D eigenvalue weighted by atomic mass is 32.2. The van der Waals surface area contributed by atoms with Crippen LogP contribution >= 0.6 is 0 Å². The van der Waals surface area contributed by atoms with E-state index in [0.29, 0.717) is 5.69 Å². The normalized spacial score (nSPS) is 11.6. The molecule has 0 radical (unpaired) electrons. The molecule has 2 aromatic rings. The fourth-order valence-electron chi connectivity index (χ4n) is 2.16. The van der Waals surface area contributed by atoms with Crippen molar-refractivity contribution in [3.63, 3.8) is 0 Å². The van der Waals surface area contributed by atoms with Crippen molar-refractivity contribution in [3.8, 4) is 0 Å². The molecule has 10 heteroatoms. The van der Waals surface area contributed by atoms with Gasteiger partial charge in [0.1, 0.15) is 0 Å². The fourth-order valence-corrected chi connectivity index (χ4v) is 4.41. The standard InChI is InChI=1S/C17H18N2O6S2/c1-13(20)19-27(24,25)16-9-7-14(8-10-16)18-17(21)11-12-26(22,23)15-5-3-2-4-6-15/h2-10H,11-12H2,1H3,(H,18,21)(H,19,20). The largest absolute Gasteiger partial charge is 0.326 e. The molecule has 2 N–H and O–H groups in total. The average molecular weight is 410 g/mol. The Kier molecular flexibility index (Phi) is 6.34. The van der Waals surface area contributed by atoms with Crippen LogP contribution in [0.2, 0.25) is 0 Å². The predicted octanol–water partition coefficient (Wildman–Crippen LogP) is 1.31. The van der Waals surface area contributed by atoms with Crippen LogP contribution in [0.4, 0.5) is 5.69 Å². The summed E-state index contributed by atoms with van der Waals surface area (Å²) in [4.78, 5) is 22.9. The minimum atomic E-state index is -3.96. The molecule has 0 saturated heterocycles. The van der Waals surface area contributed by atoms with Crippen LogP contribution in [0.3, 0.4) is 0 Å². The lowest BCUT2D eigenvalue weighted by molar-refractivity contribution is -0.117. The Labute approximate surface area is 157 Å². The molecule has 0 heterocycles. The number of rotatable bonds is 7. The zero-order chi connectivity index (χ0) is 20.1. The van der Waals surface area contributed by atoms with Crippen molar-refractivity contribution in [2.24, 2.45) is 0 Å². The van der Waals surface area contributed by atoms with Crippen LogP contribution in [0, 0.1) is 0 Å². The van der Waals surface area contributed by atoms with E-state index in [2.05, 4.69) is 5.32 Å². The predicted molar refractivity (Wildman–Crippen MR) is 99.2 cm³/mol. The zero-order valence-electron chi connectivity index (χ0n) is 14.4. The molecule has 0 atom stereocenters. The van der Waals surface area contributed by atoms with Crippen molar-refractivity contribution in [2.45, 2.75) is 23.1 Å². The summed E-state index contributed by atoms with van der Waals surface area (Å²) < 4.78 is 49.8. The van der Waals surface area contributed by atoms with Crippen molar-refractivity contribution in [1.29, 1.82) is 0 Å². The number of carbonyl (C=O) groups is 2. The molecule has 0 spiro atoms. The number of anilines is 1. The molecule has 2 amide bonds. The molecule has 144 valence electrons. The smallest absolute Gasteiger partial charge is 0.264 e. The van der Waals surface area contributed by atoms with Crippen LogP contribution in [-0.4, -0.2) is 34.4 Å². The number of hydrogen-bond donors (Lipinski definition) is 2. The van der Waals surface area contributed by atoms with Gasteiger partial charge < -0.3 is 5.32 Å². The van der Waals surface area contributed by atoms with E-state index in [1.165, 1.54) is 36.4 Å². The number of nitrogens with one attached hydrogen (secondary N) is 2. The van der Waals surface area contributed by atoms with Gasteiger partial charge in [-0.05, 0) is 36.4 Å². The maximum atomic E-state index is 12.2. The molecule has 0 aromatic heterocycles. The lowest BCUT2D eigenvalue weighted by Gasteiger charge is -2.08. The third-order valence-electron chi connectivity index (χ3n) is 3.43. The Morgan fingerprint density at radius 3 is 2.00 bits per heavy atom. The summed E-state index contributed by atoms with van der Waals surface area (Å²) >= 11 is 0. The zero-order valence-corrected chi connectivity index (χ0v) is 16.0. The van der Waals surface area contributed by atoms with Crippen molar-refractivity contribution in [1.82, 2.24) is 4.72 Å². The van der Waals surface area contributed by atoms with E-state index in [9.17, 15) is 26.4 Å². The summed E-state index contributed by atoms with van der Waals surface area (Å²) in [5.74, 6) is -1.59. The molecule has 0 aliphatic carbocycles. The topological polar surface area (TPSA) is 126 Å². The van der Waals surface area contributed by atoms with Crippen molar-refractivity contribution in [2.75, 3.05) is 11.1 Å². The number of amides is 2. The second-order valence-electron chi connectivity index (χ2n) is 5.62. The Balaban J connectivity index is 1.97. The molecule has 2 aromatic carbocycles. The lowest BCUT2D eigenvalue weighted by atomic mass is 10.3. The van der Waals surface area contributed by atoms with Gasteiger partial charge >= 0.3 is 0 Å². The first-order valence-electron chi connectivity index (χ1n) is 7.81. The number of carbonyl (C=O) groups excluding carboxylic acids is 2. The first-order chi connectivity index (χ1) is 12.6. The van der Waals surface area contributed by atoms with Gasteiger partial charge in [0, 0.05) is 19.0 Å². The molecule has 0 bridgehead atoms. The van der Waals surface area contributed by atoms with E-state index >= 15 is 0 Å². The van der Waals surface area contributed by atoms with E-state index in [1.807, 2.05) is 4.72 Å². The Morgan fingerprint density at radius 1 is 0.852 bits per heavy atom. The van der Waals surface area contributed by atoms with Crippen molar-refractivity contribution >= 4 is 37.4 Å². The van der Waals surface area contributed by atoms with Gasteiger partial charge in [0.2, 0.25) is 11.8 Å². The van der Waals surface area contributed by atoms with E-state index in [0.717, 1.165) is 6.92 Å². The molecule has 27 heavy (non-hydrogen) atoms. The molecule has 2 rings (SSSR count). The third kappa shape index (κ3) is 5.90. The molecule has 0 aliphatic rings. The monoisotopic (exact) mass is 410 g/mol. The summed E-state index contributed by atoms with van der Waals surface area (Å²) in [6, 6.07) is 13.0. The number of benzene rings is 2. The molecule has 8 nitrogen and oxygen atoms in total. The van der Waals surface area contributed by atoms with Crippen LogP contribution in [0.25, 0.3) is 0 Å². The Hall–Kier alpha value is -2.72.